The SMILES string of the molecule is Cc1nc2[nH]c(C)c(C(C)(C)C)c2c(C)c1C. The van der Waals surface area contributed by atoms with E-state index in [0.717, 1.165) is 11.3 Å². The summed E-state index contributed by atoms with van der Waals surface area (Å²) in [6, 6.07) is 0. The second-order valence-corrected chi connectivity index (χ2v) is 6.05. The Morgan fingerprint density at radius 3 is 2.06 bits per heavy atom. The van der Waals surface area contributed by atoms with Crippen LogP contribution >= 0.6 is 0 Å². The zero-order chi connectivity index (χ0) is 13.0. The minimum absolute atomic E-state index is 0.149. The third kappa shape index (κ3) is 1.76. The lowest BCUT2D eigenvalue weighted by Crippen LogP contribution is -2.12. The van der Waals surface area contributed by atoms with Gasteiger partial charge in [0, 0.05) is 16.8 Å². The Balaban J connectivity index is 2.96. The molecular weight excluding hydrogens is 208 g/mol. The van der Waals surface area contributed by atoms with Crippen molar-refractivity contribution in [3.63, 3.8) is 0 Å². The van der Waals surface area contributed by atoms with Crippen LogP contribution in [0.25, 0.3) is 11.0 Å². The van der Waals surface area contributed by atoms with Crippen LogP contribution in [0.2, 0.25) is 0 Å². The lowest BCUT2D eigenvalue weighted by atomic mass is 9.84. The van der Waals surface area contributed by atoms with Crippen molar-refractivity contribution < 1.29 is 0 Å². The van der Waals surface area contributed by atoms with E-state index >= 15 is 0 Å². The highest BCUT2D eigenvalue weighted by atomic mass is 14.9. The lowest BCUT2D eigenvalue weighted by Gasteiger charge is -2.20. The number of H-pyrrole nitrogens is 1. The minimum atomic E-state index is 0.149. The fraction of sp³-hybridized carbons (Fsp3) is 0.533. The summed E-state index contributed by atoms with van der Waals surface area (Å²) in [5, 5.41) is 1.32. The number of fused-ring (bicyclic) bond motifs is 1. The number of hydrogen-bond acceptors (Lipinski definition) is 1. The minimum Gasteiger partial charge on any atom is -0.343 e. The summed E-state index contributed by atoms with van der Waals surface area (Å²) in [6.45, 7) is 15.4. The molecule has 17 heavy (non-hydrogen) atoms. The van der Waals surface area contributed by atoms with E-state index in [4.69, 9.17) is 0 Å². The van der Waals surface area contributed by atoms with Gasteiger partial charge in [-0.2, -0.15) is 0 Å². The molecule has 0 spiro atoms. The molecule has 0 unspecified atom stereocenters. The van der Waals surface area contributed by atoms with Gasteiger partial charge in [0.2, 0.25) is 0 Å². The second-order valence-electron chi connectivity index (χ2n) is 6.05. The third-order valence-electron chi connectivity index (χ3n) is 3.68. The van der Waals surface area contributed by atoms with E-state index in [1.54, 1.807) is 0 Å². The van der Waals surface area contributed by atoms with Crippen LogP contribution in [0.1, 0.15) is 48.8 Å². The molecule has 0 bridgehead atoms. The van der Waals surface area contributed by atoms with E-state index in [0.29, 0.717) is 0 Å². The van der Waals surface area contributed by atoms with E-state index in [2.05, 4.69) is 58.4 Å². The van der Waals surface area contributed by atoms with Crippen LogP contribution in [0.4, 0.5) is 0 Å². The van der Waals surface area contributed by atoms with Gasteiger partial charge in [0.25, 0.3) is 0 Å². The van der Waals surface area contributed by atoms with Crippen molar-refractivity contribution >= 4 is 11.0 Å². The predicted octanol–water partition coefficient (Wildman–Crippen LogP) is 4.09. The van der Waals surface area contributed by atoms with E-state index in [9.17, 15) is 0 Å². The number of pyridine rings is 1. The van der Waals surface area contributed by atoms with E-state index in [1.165, 1.54) is 27.8 Å². The molecule has 0 amide bonds. The van der Waals surface area contributed by atoms with Gasteiger partial charge in [-0.1, -0.05) is 20.8 Å². The number of rotatable bonds is 0. The Morgan fingerprint density at radius 2 is 1.53 bits per heavy atom. The summed E-state index contributed by atoms with van der Waals surface area (Å²) >= 11 is 0. The van der Waals surface area contributed by atoms with Gasteiger partial charge in [0.05, 0.1) is 0 Å². The number of nitrogens with zero attached hydrogens (tertiary/aromatic N) is 1. The largest absolute Gasteiger partial charge is 0.343 e. The molecule has 1 N–H and O–H groups in total. The predicted molar refractivity (Wildman–Crippen MR) is 73.7 cm³/mol. The van der Waals surface area contributed by atoms with Crippen molar-refractivity contribution in [1.29, 1.82) is 0 Å². The van der Waals surface area contributed by atoms with Crippen LogP contribution in [-0.4, -0.2) is 9.97 Å². The molecule has 2 aromatic rings. The van der Waals surface area contributed by atoms with Gasteiger partial charge < -0.3 is 4.98 Å². The molecule has 2 nitrogen and oxygen atoms in total. The van der Waals surface area contributed by atoms with Crippen molar-refractivity contribution in [1.82, 2.24) is 9.97 Å². The highest BCUT2D eigenvalue weighted by molar-refractivity contribution is 5.87. The summed E-state index contributed by atoms with van der Waals surface area (Å²) in [4.78, 5) is 8.11. The highest BCUT2D eigenvalue weighted by Crippen LogP contribution is 2.35. The van der Waals surface area contributed by atoms with Gasteiger partial charge in [0.15, 0.2) is 0 Å². The fourth-order valence-corrected chi connectivity index (χ4v) is 2.71. The first kappa shape index (κ1) is 12.2. The Hall–Kier alpha value is -1.31. The average Bonchev–Trinajstić information content (AvgIpc) is 2.50. The monoisotopic (exact) mass is 230 g/mol. The molecule has 2 rings (SSSR count). The van der Waals surface area contributed by atoms with Crippen molar-refractivity contribution in [2.45, 2.75) is 53.9 Å². The quantitative estimate of drug-likeness (QED) is 0.725. The highest BCUT2D eigenvalue weighted by Gasteiger charge is 2.24. The maximum Gasteiger partial charge on any atom is 0.138 e. The molecule has 0 saturated carbocycles. The Morgan fingerprint density at radius 1 is 0.941 bits per heavy atom. The number of nitrogens with one attached hydrogen (secondary N) is 1. The molecule has 0 aromatic carbocycles. The summed E-state index contributed by atoms with van der Waals surface area (Å²) in [5.41, 5.74) is 7.62. The Labute approximate surface area is 103 Å². The van der Waals surface area contributed by atoms with E-state index < -0.39 is 0 Å². The standard InChI is InChI=1S/C15H22N2/c1-8-9(2)12-13(15(5,6)7)11(4)17-14(12)16-10(8)3/h1-7H3,(H,16,17). The maximum absolute atomic E-state index is 4.68. The molecule has 92 valence electrons. The van der Waals surface area contributed by atoms with Gasteiger partial charge in [0.1, 0.15) is 5.65 Å². The molecule has 0 saturated heterocycles. The number of hydrogen-bond donors (Lipinski definition) is 1. The molecular formula is C15H22N2. The van der Waals surface area contributed by atoms with Crippen molar-refractivity contribution in [3.8, 4) is 0 Å². The molecule has 2 heteroatoms. The lowest BCUT2D eigenvalue weighted by molar-refractivity contribution is 0.591. The number of aromatic nitrogens is 2. The zero-order valence-corrected chi connectivity index (χ0v) is 11.9. The first-order valence-corrected chi connectivity index (χ1v) is 6.20. The average molecular weight is 230 g/mol. The zero-order valence-electron chi connectivity index (χ0n) is 11.9. The molecule has 0 aliphatic heterocycles. The Bertz CT molecular complexity index is 583. The normalized spacial score (nSPS) is 12.4. The van der Waals surface area contributed by atoms with E-state index in [1.807, 2.05) is 0 Å². The van der Waals surface area contributed by atoms with Gasteiger partial charge in [-0.15, -0.1) is 0 Å². The van der Waals surface area contributed by atoms with Crippen LogP contribution < -0.4 is 0 Å². The van der Waals surface area contributed by atoms with Crippen LogP contribution in [0.5, 0.6) is 0 Å². The molecule has 2 aromatic heterocycles. The summed E-state index contributed by atoms with van der Waals surface area (Å²) < 4.78 is 0. The third-order valence-corrected chi connectivity index (χ3v) is 3.68. The second kappa shape index (κ2) is 3.59. The van der Waals surface area contributed by atoms with Crippen molar-refractivity contribution in [2.24, 2.45) is 0 Å². The van der Waals surface area contributed by atoms with Gasteiger partial charge >= 0.3 is 0 Å². The maximum atomic E-state index is 4.68. The van der Waals surface area contributed by atoms with Gasteiger partial charge in [-0.25, -0.2) is 4.98 Å². The van der Waals surface area contributed by atoms with Crippen molar-refractivity contribution in [3.05, 3.63) is 28.1 Å². The number of aromatic amines is 1. The summed E-state index contributed by atoms with van der Waals surface area (Å²) in [5.74, 6) is 0. The molecule has 0 fully saturated rings. The van der Waals surface area contributed by atoms with Crippen molar-refractivity contribution in [2.75, 3.05) is 0 Å². The van der Waals surface area contributed by atoms with Crippen LogP contribution in [0.3, 0.4) is 0 Å². The smallest absolute Gasteiger partial charge is 0.138 e. The van der Waals surface area contributed by atoms with Crippen LogP contribution in [-0.2, 0) is 5.41 Å². The van der Waals surface area contributed by atoms with Gasteiger partial charge in [-0.05, 0) is 49.8 Å². The summed E-state index contributed by atoms with van der Waals surface area (Å²) in [6.07, 6.45) is 0. The molecule has 0 radical (unpaired) electrons. The topological polar surface area (TPSA) is 28.7 Å². The van der Waals surface area contributed by atoms with E-state index in [-0.39, 0.29) is 5.41 Å². The molecule has 0 aliphatic rings. The first-order chi connectivity index (χ1) is 7.73. The Kier molecular flexibility index (Phi) is 2.57. The molecule has 2 heterocycles. The van der Waals surface area contributed by atoms with Crippen LogP contribution in [0.15, 0.2) is 0 Å². The molecule has 0 atom stereocenters. The van der Waals surface area contributed by atoms with Gasteiger partial charge in [-0.3, -0.25) is 0 Å². The fourth-order valence-electron chi connectivity index (χ4n) is 2.71. The first-order valence-electron chi connectivity index (χ1n) is 6.20. The van der Waals surface area contributed by atoms with Crippen LogP contribution in [0, 0.1) is 27.7 Å². The number of aryl methyl sites for hydroxylation is 3. The molecule has 0 aliphatic carbocycles. The summed E-state index contributed by atoms with van der Waals surface area (Å²) in [7, 11) is 0.